The van der Waals surface area contributed by atoms with Gasteiger partial charge in [-0.05, 0) is 6.42 Å². The maximum atomic E-state index is 11.5. The fourth-order valence-electron chi connectivity index (χ4n) is 2.73. The summed E-state index contributed by atoms with van der Waals surface area (Å²) in [6.45, 7) is 1.61. The SMILES string of the molecule is CCCCCCCCCCCCCCCCS(=O)(=O)NCC(=O)[O-].[K+]. The summed E-state index contributed by atoms with van der Waals surface area (Å²) >= 11 is 0. The topological polar surface area (TPSA) is 86.3 Å². The van der Waals surface area contributed by atoms with E-state index in [2.05, 4.69) is 6.92 Å². The predicted octanol–water partition coefficient (Wildman–Crippen LogP) is 0.141. The summed E-state index contributed by atoms with van der Waals surface area (Å²) in [6.07, 6.45) is 17.0. The quantitative estimate of drug-likeness (QED) is 0.261. The summed E-state index contributed by atoms with van der Waals surface area (Å²) in [5.41, 5.74) is 0. The first-order valence-corrected chi connectivity index (χ1v) is 11.3. The molecule has 25 heavy (non-hydrogen) atoms. The minimum Gasteiger partial charge on any atom is -0.549 e. The van der Waals surface area contributed by atoms with Crippen molar-refractivity contribution in [3.63, 3.8) is 0 Å². The van der Waals surface area contributed by atoms with E-state index < -0.39 is 22.5 Å². The van der Waals surface area contributed by atoms with Crippen LogP contribution in [-0.2, 0) is 14.8 Å². The molecular formula is C18H36KNO4S. The molecule has 0 heterocycles. The van der Waals surface area contributed by atoms with Gasteiger partial charge in [0.15, 0.2) is 0 Å². The Bertz CT molecular complexity index is 402. The molecule has 0 aliphatic carbocycles. The van der Waals surface area contributed by atoms with E-state index in [1.165, 1.54) is 64.2 Å². The van der Waals surface area contributed by atoms with Gasteiger partial charge >= 0.3 is 51.4 Å². The van der Waals surface area contributed by atoms with Crippen LogP contribution in [0.3, 0.4) is 0 Å². The molecule has 0 amide bonds. The number of carboxylic acids is 1. The van der Waals surface area contributed by atoms with Crippen molar-refractivity contribution in [2.45, 2.75) is 96.8 Å². The minimum atomic E-state index is -3.46. The molecule has 1 N–H and O–H groups in total. The normalized spacial score (nSPS) is 11.2. The van der Waals surface area contributed by atoms with Crippen LogP contribution < -0.4 is 61.2 Å². The van der Waals surface area contributed by atoms with E-state index in [1.54, 1.807) is 0 Å². The molecule has 0 aliphatic heterocycles. The summed E-state index contributed by atoms with van der Waals surface area (Å²) in [6, 6.07) is 0. The number of nitrogens with one attached hydrogen (secondary N) is 1. The maximum absolute atomic E-state index is 11.5. The van der Waals surface area contributed by atoms with E-state index in [0.29, 0.717) is 6.42 Å². The summed E-state index contributed by atoms with van der Waals surface area (Å²) in [4.78, 5) is 10.2. The summed E-state index contributed by atoms with van der Waals surface area (Å²) in [5, 5.41) is 10.2. The Hall–Kier alpha value is 1.02. The molecule has 0 aromatic rings. The van der Waals surface area contributed by atoms with E-state index in [0.717, 1.165) is 19.3 Å². The number of rotatable bonds is 18. The zero-order valence-corrected chi connectivity index (χ0v) is 20.3. The molecule has 0 rings (SSSR count). The van der Waals surface area contributed by atoms with Crippen LogP contribution in [0, 0.1) is 0 Å². The Morgan fingerprint density at radius 2 is 1.12 bits per heavy atom. The Kier molecular flexibility index (Phi) is 22.3. The molecule has 0 saturated carbocycles. The summed E-state index contributed by atoms with van der Waals surface area (Å²) < 4.78 is 24.9. The third-order valence-corrected chi connectivity index (χ3v) is 5.61. The summed E-state index contributed by atoms with van der Waals surface area (Å²) in [5.74, 6) is -1.40. The first kappa shape index (κ1) is 28.2. The third-order valence-electron chi connectivity index (χ3n) is 4.20. The number of carbonyl (C=O) groups is 1. The van der Waals surface area contributed by atoms with Crippen LogP contribution in [-0.4, -0.2) is 26.7 Å². The van der Waals surface area contributed by atoms with Crippen LogP contribution in [0.25, 0.3) is 0 Å². The van der Waals surface area contributed by atoms with Crippen molar-refractivity contribution < 1.29 is 69.7 Å². The van der Waals surface area contributed by atoms with Crippen LogP contribution in [0.4, 0.5) is 0 Å². The van der Waals surface area contributed by atoms with E-state index in [9.17, 15) is 18.3 Å². The molecule has 0 atom stereocenters. The first-order valence-electron chi connectivity index (χ1n) is 9.65. The standard InChI is InChI=1S/C18H37NO4S.K/c1-2-3-4-5-6-7-8-9-10-11-12-13-14-15-16-24(22,23)19-17-18(20)21;/h19H,2-17H2,1H3,(H,20,21);/q;+1/p-1. The Morgan fingerprint density at radius 3 is 1.48 bits per heavy atom. The van der Waals surface area contributed by atoms with Crippen LogP contribution in [0.1, 0.15) is 96.8 Å². The fourth-order valence-corrected chi connectivity index (χ4v) is 3.79. The number of unbranched alkanes of at least 4 members (excludes halogenated alkanes) is 13. The minimum absolute atomic E-state index is 0. The Balaban J connectivity index is 0. The zero-order chi connectivity index (χ0) is 18.1. The van der Waals surface area contributed by atoms with Gasteiger partial charge in [-0.3, -0.25) is 0 Å². The number of sulfonamides is 1. The largest absolute Gasteiger partial charge is 1.00 e. The smallest absolute Gasteiger partial charge is 0.549 e. The van der Waals surface area contributed by atoms with Gasteiger partial charge in [0, 0.05) is 0 Å². The fraction of sp³-hybridized carbons (Fsp3) is 0.944. The molecule has 0 aromatic heterocycles. The van der Waals surface area contributed by atoms with Gasteiger partial charge in [0.2, 0.25) is 10.0 Å². The number of hydrogen-bond acceptors (Lipinski definition) is 4. The Morgan fingerprint density at radius 1 is 0.760 bits per heavy atom. The van der Waals surface area contributed by atoms with Crippen LogP contribution in [0.15, 0.2) is 0 Å². The Labute approximate surface area is 197 Å². The van der Waals surface area contributed by atoms with Crippen molar-refractivity contribution in [3.8, 4) is 0 Å². The van der Waals surface area contributed by atoms with Crippen molar-refractivity contribution in [3.05, 3.63) is 0 Å². The van der Waals surface area contributed by atoms with Crippen molar-refractivity contribution in [1.29, 1.82) is 0 Å². The molecule has 0 spiro atoms. The van der Waals surface area contributed by atoms with E-state index in [1.807, 2.05) is 4.72 Å². The van der Waals surface area contributed by atoms with Gasteiger partial charge in [-0.2, -0.15) is 0 Å². The van der Waals surface area contributed by atoms with Gasteiger partial charge in [0.05, 0.1) is 18.3 Å². The molecule has 0 saturated heterocycles. The van der Waals surface area contributed by atoms with Crippen molar-refractivity contribution >= 4 is 16.0 Å². The van der Waals surface area contributed by atoms with Crippen LogP contribution in [0.2, 0.25) is 0 Å². The molecule has 0 bridgehead atoms. The molecule has 7 heteroatoms. The molecule has 0 fully saturated rings. The second-order valence-corrected chi connectivity index (χ2v) is 8.53. The van der Waals surface area contributed by atoms with Gasteiger partial charge in [-0.15, -0.1) is 0 Å². The van der Waals surface area contributed by atoms with E-state index >= 15 is 0 Å². The number of carbonyl (C=O) groups excluding carboxylic acids is 1. The molecule has 0 aromatic carbocycles. The predicted molar refractivity (Wildman–Crippen MR) is 97.1 cm³/mol. The van der Waals surface area contributed by atoms with Gasteiger partial charge in [-0.25, -0.2) is 13.1 Å². The van der Waals surface area contributed by atoms with Crippen LogP contribution in [0.5, 0.6) is 0 Å². The number of carboxylic acid groups (broad SMARTS) is 1. The van der Waals surface area contributed by atoms with Gasteiger partial charge in [0.25, 0.3) is 0 Å². The maximum Gasteiger partial charge on any atom is 1.00 e. The van der Waals surface area contributed by atoms with Gasteiger partial charge in [-0.1, -0.05) is 90.4 Å². The first-order chi connectivity index (χ1) is 11.5. The second-order valence-electron chi connectivity index (χ2n) is 6.61. The average molecular weight is 402 g/mol. The third kappa shape index (κ3) is 23.0. The van der Waals surface area contributed by atoms with E-state index in [4.69, 9.17) is 0 Å². The van der Waals surface area contributed by atoms with Crippen LogP contribution >= 0.6 is 0 Å². The molecule has 5 nitrogen and oxygen atoms in total. The van der Waals surface area contributed by atoms with Crippen molar-refractivity contribution in [1.82, 2.24) is 4.72 Å². The number of hydrogen-bond donors (Lipinski definition) is 1. The van der Waals surface area contributed by atoms with Crippen molar-refractivity contribution in [2.75, 3.05) is 12.3 Å². The molecule has 0 aliphatic rings. The van der Waals surface area contributed by atoms with Gasteiger partial charge in [0.1, 0.15) is 0 Å². The monoisotopic (exact) mass is 401 g/mol. The molecule has 144 valence electrons. The zero-order valence-electron chi connectivity index (χ0n) is 16.4. The van der Waals surface area contributed by atoms with Gasteiger partial charge < -0.3 is 9.90 Å². The summed E-state index contributed by atoms with van der Waals surface area (Å²) in [7, 11) is -3.46. The molecule has 0 radical (unpaired) electrons. The van der Waals surface area contributed by atoms with Crippen molar-refractivity contribution in [2.24, 2.45) is 0 Å². The molecule has 0 unspecified atom stereocenters. The van der Waals surface area contributed by atoms with E-state index in [-0.39, 0.29) is 57.1 Å². The number of aliphatic carboxylic acids is 1. The molecular weight excluding hydrogens is 365 g/mol. The average Bonchev–Trinajstić information content (AvgIpc) is 2.53. The second kappa shape index (κ2) is 19.8.